The molecular formula is C14H21NO2. The zero-order valence-electron chi connectivity index (χ0n) is 10.9. The number of aliphatic hydroxyl groups is 1. The first-order chi connectivity index (χ1) is 7.86. The van der Waals surface area contributed by atoms with E-state index in [-0.39, 0.29) is 23.8 Å². The first kappa shape index (κ1) is 13.7. The van der Waals surface area contributed by atoms with Gasteiger partial charge < -0.3 is 10.2 Å². The summed E-state index contributed by atoms with van der Waals surface area (Å²) in [5.41, 5.74) is 1.49. The highest BCUT2D eigenvalue weighted by Crippen LogP contribution is 2.32. The second kappa shape index (κ2) is 5.32. The van der Waals surface area contributed by atoms with Crippen molar-refractivity contribution < 1.29 is 10.2 Å². The fourth-order valence-corrected chi connectivity index (χ4v) is 1.53. The third-order valence-corrected chi connectivity index (χ3v) is 2.61. The third-order valence-electron chi connectivity index (χ3n) is 2.61. The van der Waals surface area contributed by atoms with Crippen LogP contribution in [0, 0.1) is 0 Å². The van der Waals surface area contributed by atoms with E-state index in [1.54, 1.807) is 6.21 Å². The van der Waals surface area contributed by atoms with Crippen LogP contribution in [0.5, 0.6) is 5.75 Å². The molecule has 0 heterocycles. The molecule has 0 bridgehead atoms. The van der Waals surface area contributed by atoms with Crippen LogP contribution in [0.15, 0.2) is 23.2 Å². The number of para-hydroxylation sites is 1. The van der Waals surface area contributed by atoms with Crippen molar-refractivity contribution in [2.24, 2.45) is 4.99 Å². The number of phenols is 1. The summed E-state index contributed by atoms with van der Waals surface area (Å²) < 4.78 is 0. The van der Waals surface area contributed by atoms with E-state index in [2.05, 4.69) is 25.8 Å². The van der Waals surface area contributed by atoms with E-state index in [1.165, 1.54) is 0 Å². The van der Waals surface area contributed by atoms with Gasteiger partial charge in [-0.3, -0.25) is 4.99 Å². The molecule has 0 spiro atoms. The van der Waals surface area contributed by atoms with Gasteiger partial charge in [0, 0.05) is 11.8 Å². The average Bonchev–Trinajstić information content (AvgIpc) is 2.25. The maximum Gasteiger partial charge on any atom is 0.128 e. The van der Waals surface area contributed by atoms with E-state index in [0.29, 0.717) is 5.56 Å². The molecule has 1 aromatic carbocycles. The van der Waals surface area contributed by atoms with Crippen molar-refractivity contribution in [1.29, 1.82) is 0 Å². The molecule has 1 atom stereocenters. The van der Waals surface area contributed by atoms with Gasteiger partial charge in [-0.2, -0.15) is 0 Å². The first-order valence-corrected chi connectivity index (χ1v) is 5.82. The molecule has 0 saturated carbocycles. The van der Waals surface area contributed by atoms with E-state index in [0.717, 1.165) is 5.56 Å². The quantitative estimate of drug-likeness (QED) is 0.791. The minimum absolute atomic E-state index is 0.0101. The molecule has 0 aliphatic carbocycles. The molecule has 3 heteroatoms. The van der Waals surface area contributed by atoms with Crippen molar-refractivity contribution in [1.82, 2.24) is 0 Å². The van der Waals surface area contributed by atoms with Crippen molar-refractivity contribution in [3.05, 3.63) is 29.3 Å². The first-order valence-electron chi connectivity index (χ1n) is 5.82. The Hall–Kier alpha value is -1.35. The monoisotopic (exact) mass is 235 g/mol. The fourth-order valence-electron chi connectivity index (χ4n) is 1.53. The number of aliphatic imine (C=N–C) groups is 1. The number of benzene rings is 1. The van der Waals surface area contributed by atoms with Crippen LogP contribution in [0.2, 0.25) is 0 Å². The van der Waals surface area contributed by atoms with Gasteiger partial charge in [0.15, 0.2) is 0 Å². The second-order valence-corrected chi connectivity index (χ2v) is 5.30. The molecule has 0 unspecified atom stereocenters. The fraction of sp³-hybridized carbons (Fsp3) is 0.500. The predicted octanol–water partition coefficient (Wildman–Crippen LogP) is 2.49. The van der Waals surface area contributed by atoms with E-state index in [1.807, 2.05) is 25.1 Å². The zero-order chi connectivity index (χ0) is 13.1. The molecule has 0 aliphatic heterocycles. The van der Waals surface area contributed by atoms with E-state index in [9.17, 15) is 5.11 Å². The smallest absolute Gasteiger partial charge is 0.128 e. The summed E-state index contributed by atoms with van der Waals surface area (Å²) in [6.07, 6.45) is 1.62. The molecule has 0 amide bonds. The van der Waals surface area contributed by atoms with Crippen molar-refractivity contribution in [2.45, 2.75) is 39.2 Å². The normalized spacial score (nSPS) is 14.2. The molecule has 2 N–H and O–H groups in total. The van der Waals surface area contributed by atoms with Crippen LogP contribution in [-0.2, 0) is 5.41 Å². The topological polar surface area (TPSA) is 52.8 Å². The number of rotatable bonds is 3. The van der Waals surface area contributed by atoms with Gasteiger partial charge in [0.05, 0.1) is 12.6 Å². The summed E-state index contributed by atoms with van der Waals surface area (Å²) in [5, 5.41) is 19.0. The van der Waals surface area contributed by atoms with Gasteiger partial charge in [-0.15, -0.1) is 0 Å². The van der Waals surface area contributed by atoms with Crippen molar-refractivity contribution >= 4 is 6.21 Å². The molecule has 0 aliphatic rings. The van der Waals surface area contributed by atoms with Crippen LogP contribution >= 0.6 is 0 Å². The SMILES string of the molecule is C[C@@H](CO)N=Cc1cccc(C(C)(C)C)c1O. The van der Waals surface area contributed by atoms with Gasteiger partial charge in [0.2, 0.25) is 0 Å². The largest absolute Gasteiger partial charge is 0.507 e. The highest BCUT2D eigenvalue weighted by molar-refractivity contribution is 5.84. The molecule has 0 radical (unpaired) electrons. The summed E-state index contributed by atoms with van der Waals surface area (Å²) in [6, 6.07) is 5.50. The number of aliphatic hydroxyl groups excluding tert-OH is 1. The van der Waals surface area contributed by atoms with E-state index in [4.69, 9.17) is 5.11 Å². The minimum atomic E-state index is -0.146. The summed E-state index contributed by atoms with van der Waals surface area (Å²) in [5.74, 6) is 0.272. The van der Waals surface area contributed by atoms with Crippen LogP contribution in [0.4, 0.5) is 0 Å². The maximum atomic E-state index is 10.2. The lowest BCUT2D eigenvalue weighted by atomic mass is 9.85. The van der Waals surface area contributed by atoms with Crippen molar-refractivity contribution in [2.75, 3.05) is 6.61 Å². The highest BCUT2D eigenvalue weighted by atomic mass is 16.3. The number of nitrogens with zero attached hydrogens (tertiary/aromatic N) is 1. The van der Waals surface area contributed by atoms with Crippen LogP contribution in [0.1, 0.15) is 38.8 Å². The Balaban J connectivity index is 3.07. The van der Waals surface area contributed by atoms with Gasteiger partial charge in [-0.05, 0) is 24.0 Å². The second-order valence-electron chi connectivity index (χ2n) is 5.30. The lowest BCUT2D eigenvalue weighted by Crippen LogP contribution is -2.12. The van der Waals surface area contributed by atoms with Gasteiger partial charge in [0.25, 0.3) is 0 Å². The molecule has 0 fully saturated rings. The van der Waals surface area contributed by atoms with Crippen LogP contribution in [0.3, 0.4) is 0 Å². The molecule has 94 valence electrons. The average molecular weight is 235 g/mol. The Morgan fingerprint density at radius 1 is 1.35 bits per heavy atom. The number of hydrogen-bond donors (Lipinski definition) is 2. The van der Waals surface area contributed by atoms with Crippen LogP contribution in [-0.4, -0.2) is 29.1 Å². The summed E-state index contributed by atoms with van der Waals surface area (Å²) >= 11 is 0. The Morgan fingerprint density at radius 3 is 2.53 bits per heavy atom. The Morgan fingerprint density at radius 2 is 2.00 bits per heavy atom. The van der Waals surface area contributed by atoms with Gasteiger partial charge >= 0.3 is 0 Å². The van der Waals surface area contributed by atoms with Gasteiger partial charge in [0.1, 0.15) is 5.75 Å². The third kappa shape index (κ3) is 3.56. The minimum Gasteiger partial charge on any atom is -0.507 e. The highest BCUT2D eigenvalue weighted by Gasteiger charge is 2.19. The summed E-state index contributed by atoms with van der Waals surface area (Å²) in [4.78, 5) is 4.16. The Kier molecular flexibility index (Phi) is 4.29. The van der Waals surface area contributed by atoms with Crippen LogP contribution < -0.4 is 0 Å². The molecule has 3 nitrogen and oxygen atoms in total. The molecular weight excluding hydrogens is 214 g/mol. The number of hydrogen-bond acceptors (Lipinski definition) is 3. The molecule has 1 rings (SSSR count). The maximum absolute atomic E-state index is 10.2. The zero-order valence-corrected chi connectivity index (χ0v) is 10.9. The van der Waals surface area contributed by atoms with Gasteiger partial charge in [-0.25, -0.2) is 0 Å². The number of aromatic hydroxyl groups is 1. The van der Waals surface area contributed by atoms with E-state index >= 15 is 0 Å². The standard InChI is InChI=1S/C14H21NO2/c1-10(9-16)15-8-11-6-5-7-12(13(11)17)14(2,3)4/h5-8,10,16-17H,9H2,1-4H3/t10-/m0/s1. The molecule has 1 aromatic rings. The summed E-state index contributed by atoms with van der Waals surface area (Å²) in [7, 11) is 0. The molecule has 0 aromatic heterocycles. The lowest BCUT2D eigenvalue weighted by Gasteiger charge is -2.21. The Bertz CT molecular complexity index is 405. The number of phenolic OH excluding ortho intramolecular Hbond substituents is 1. The van der Waals surface area contributed by atoms with Crippen molar-refractivity contribution in [3.8, 4) is 5.75 Å². The van der Waals surface area contributed by atoms with E-state index < -0.39 is 0 Å². The van der Waals surface area contributed by atoms with Crippen molar-refractivity contribution in [3.63, 3.8) is 0 Å². The lowest BCUT2D eigenvalue weighted by molar-refractivity contribution is 0.275. The summed E-state index contributed by atoms with van der Waals surface area (Å²) in [6.45, 7) is 8.00. The Labute approximate surface area is 103 Å². The van der Waals surface area contributed by atoms with Gasteiger partial charge in [-0.1, -0.05) is 32.9 Å². The molecule has 0 saturated heterocycles. The van der Waals surface area contributed by atoms with Crippen LogP contribution in [0.25, 0.3) is 0 Å². The molecule has 17 heavy (non-hydrogen) atoms. The predicted molar refractivity (Wildman–Crippen MR) is 70.9 cm³/mol.